The van der Waals surface area contributed by atoms with Gasteiger partial charge < -0.3 is 14.8 Å². The molecule has 2 amide bonds. The number of benzene rings is 3. The summed E-state index contributed by atoms with van der Waals surface area (Å²) in [6.45, 7) is 2.49. The number of hydrogen-bond acceptors (Lipinski definition) is 5. The number of ether oxygens (including phenoxy) is 2. The van der Waals surface area contributed by atoms with Crippen molar-refractivity contribution in [1.29, 1.82) is 0 Å². The highest BCUT2D eigenvalue weighted by Crippen LogP contribution is 2.37. The van der Waals surface area contributed by atoms with Gasteiger partial charge in [0.25, 0.3) is 0 Å². The van der Waals surface area contributed by atoms with Crippen LogP contribution in [0.3, 0.4) is 0 Å². The third kappa shape index (κ3) is 7.35. The first-order valence-electron chi connectivity index (χ1n) is 10.2. The van der Waals surface area contributed by atoms with Gasteiger partial charge in [-0.15, -0.1) is 0 Å². The maximum atomic E-state index is 12.1. The summed E-state index contributed by atoms with van der Waals surface area (Å²) in [6.07, 6.45) is 1.36. The van der Waals surface area contributed by atoms with E-state index in [2.05, 4.69) is 31.8 Å². The van der Waals surface area contributed by atoms with Gasteiger partial charge in [-0.2, -0.15) is 5.10 Å². The van der Waals surface area contributed by atoms with Crippen LogP contribution in [0, 0.1) is 0 Å². The SMILES string of the molecule is CCOc1cc(C=NNC(=O)C(=O)Nc2cccc(Cl)c2Cl)cc(Br)c1OCc1ccccc1Cl. The Morgan fingerprint density at radius 1 is 1.00 bits per heavy atom. The predicted molar refractivity (Wildman–Crippen MR) is 142 cm³/mol. The minimum Gasteiger partial charge on any atom is -0.490 e. The van der Waals surface area contributed by atoms with Crippen molar-refractivity contribution in [1.82, 2.24) is 5.43 Å². The molecule has 0 heterocycles. The number of hydrazone groups is 1. The second kappa shape index (κ2) is 12.8. The molecule has 0 radical (unpaired) electrons. The summed E-state index contributed by atoms with van der Waals surface area (Å²) in [5.74, 6) is -0.979. The van der Waals surface area contributed by atoms with Crippen molar-refractivity contribution in [2.24, 2.45) is 5.10 Å². The zero-order chi connectivity index (χ0) is 25.4. The Labute approximate surface area is 225 Å². The molecule has 3 aromatic rings. The molecule has 0 saturated heterocycles. The molecule has 0 aliphatic rings. The number of carbonyl (C=O) groups excluding carboxylic acids is 2. The smallest absolute Gasteiger partial charge is 0.329 e. The van der Waals surface area contributed by atoms with Crippen LogP contribution in [0.4, 0.5) is 5.69 Å². The van der Waals surface area contributed by atoms with Gasteiger partial charge >= 0.3 is 11.8 Å². The van der Waals surface area contributed by atoms with Gasteiger partial charge in [0.15, 0.2) is 11.5 Å². The molecule has 2 N–H and O–H groups in total. The minimum atomic E-state index is -0.985. The molecule has 0 aromatic heterocycles. The van der Waals surface area contributed by atoms with E-state index < -0.39 is 11.8 Å². The molecule has 0 atom stereocenters. The van der Waals surface area contributed by atoms with Gasteiger partial charge in [-0.25, -0.2) is 5.43 Å². The molecule has 0 aliphatic carbocycles. The van der Waals surface area contributed by atoms with Gasteiger partial charge in [-0.3, -0.25) is 9.59 Å². The fourth-order valence-electron chi connectivity index (χ4n) is 2.83. The van der Waals surface area contributed by atoms with Crippen LogP contribution in [0.1, 0.15) is 18.1 Å². The molecule has 0 fully saturated rings. The number of amides is 2. The van der Waals surface area contributed by atoms with Crippen molar-refractivity contribution >= 4 is 74.4 Å². The van der Waals surface area contributed by atoms with Crippen LogP contribution in [-0.4, -0.2) is 24.6 Å². The van der Waals surface area contributed by atoms with Gasteiger partial charge in [-0.1, -0.05) is 59.1 Å². The topological polar surface area (TPSA) is 89.0 Å². The molecule has 0 aliphatic heterocycles. The lowest BCUT2D eigenvalue weighted by molar-refractivity contribution is -0.136. The number of nitrogens with zero attached hydrogens (tertiary/aromatic N) is 1. The highest BCUT2D eigenvalue weighted by atomic mass is 79.9. The molecule has 11 heteroatoms. The summed E-state index contributed by atoms with van der Waals surface area (Å²) < 4.78 is 12.3. The van der Waals surface area contributed by atoms with E-state index in [0.29, 0.717) is 33.2 Å². The Kier molecular flexibility index (Phi) is 9.80. The maximum absolute atomic E-state index is 12.1. The minimum absolute atomic E-state index is 0.129. The summed E-state index contributed by atoms with van der Waals surface area (Å²) >= 11 is 21.6. The van der Waals surface area contributed by atoms with E-state index in [-0.39, 0.29) is 22.3 Å². The van der Waals surface area contributed by atoms with Crippen LogP contribution in [0.25, 0.3) is 0 Å². The Morgan fingerprint density at radius 3 is 2.49 bits per heavy atom. The molecule has 0 unspecified atom stereocenters. The molecule has 3 rings (SSSR count). The molecule has 182 valence electrons. The molecule has 0 spiro atoms. The second-order valence-corrected chi connectivity index (χ2v) is 8.94. The third-order valence-electron chi connectivity index (χ3n) is 4.45. The van der Waals surface area contributed by atoms with Crippen molar-refractivity contribution < 1.29 is 19.1 Å². The first-order chi connectivity index (χ1) is 16.8. The number of halogens is 4. The average Bonchev–Trinajstić information content (AvgIpc) is 2.82. The lowest BCUT2D eigenvalue weighted by Crippen LogP contribution is -2.32. The van der Waals surface area contributed by atoms with Gasteiger partial charge in [0, 0.05) is 10.6 Å². The maximum Gasteiger partial charge on any atom is 0.329 e. The first-order valence-corrected chi connectivity index (χ1v) is 12.1. The largest absolute Gasteiger partial charge is 0.490 e. The Bertz CT molecular complexity index is 1270. The van der Waals surface area contributed by atoms with E-state index >= 15 is 0 Å². The fourth-order valence-corrected chi connectivity index (χ4v) is 3.94. The number of hydrogen-bond donors (Lipinski definition) is 2. The van der Waals surface area contributed by atoms with Crippen molar-refractivity contribution in [2.75, 3.05) is 11.9 Å². The van der Waals surface area contributed by atoms with Crippen molar-refractivity contribution in [3.8, 4) is 11.5 Å². The van der Waals surface area contributed by atoms with Crippen molar-refractivity contribution in [3.05, 3.63) is 85.3 Å². The van der Waals surface area contributed by atoms with E-state index in [1.807, 2.05) is 25.1 Å². The van der Waals surface area contributed by atoms with Crippen LogP contribution in [-0.2, 0) is 16.2 Å². The summed E-state index contributed by atoms with van der Waals surface area (Å²) in [6, 6.07) is 15.5. The highest BCUT2D eigenvalue weighted by Gasteiger charge is 2.16. The summed E-state index contributed by atoms with van der Waals surface area (Å²) in [7, 11) is 0. The predicted octanol–water partition coefficient (Wildman–Crippen LogP) is 6.48. The summed E-state index contributed by atoms with van der Waals surface area (Å²) in [5, 5.41) is 7.20. The molecule has 0 bridgehead atoms. The van der Waals surface area contributed by atoms with Gasteiger partial charge in [0.1, 0.15) is 6.61 Å². The monoisotopic (exact) mass is 597 g/mol. The molecule has 7 nitrogen and oxygen atoms in total. The molecule has 35 heavy (non-hydrogen) atoms. The lowest BCUT2D eigenvalue weighted by Gasteiger charge is -2.15. The van der Waals surface area contributed by atoms with E-state index in [0.717, 1.165) is 5.56 Å². The third-order valence-corrected chi connectivity index (χ3v) is 6.22. The zero-order valence-corrected chi connectivity index (χ0v) is 22.1. The normalized spacial score (nSPS) is 10.8. The van der Waals surface area contributed by atoms with E-state index in [4.69, 9.17) is 44.3 Å². The number of rotatable bonds is 8. The quantitative estimate of drug-likeness (QED) is 0.176. The van der Waals surface area contributed by atoms with Crippen LogP contribution in [0.5, 0.6) is 11.5 Å². The Hall–Kier alpha value is -2.78. The Morgan fingerprint density at radius 2 is 1.74 bits per heavy atom. The van der Waals surface area contributed by atoms with Crippen LogP contribution in [0.2, 0.25) is 15.1 Å². The highest BCUT2D eigenvalue weighted by molar-refractivity contribution is 9.10. The van der Waals surface area contributed by atoms with Gasteiger partial charge in [0.05, 0.1) is 33.0 Å². The second-order valence-electron chi connectivity index (χ2n) is 6.90. The average molecular weight is 600 g/mol. The summed E-state index contributed by atoms with van der Waals surface area (Å²) in [5.41, 5.74) is 3.79. The number of nitrogens with one attached hydrogen (secondary N) is 2. The molecule has 0 saturated carbocycles. The number of anilines is 1. The van der Waals surface area contributed by atoms with Crippen molar-refractivity contribution in [3.63, 3.8) is 0 Å². The lowest BCUT2D eigenvalue weighted by atomic mass is 10.2. The fraction of sp³-hybridized carbons (Fsp3) is 0.125. The van der Waals surface area contributed by atoms with Gasteiger partial charge in [-0.05, 0) is 58.7 Å². The van der Waals surface area contributed by atoms with E-state index in [1.165, 1.54) is 12.3 Å². The van der Waals surface area contributed by atoms with E-state index in [9.17, 15) is 9.59 Å². The molecule has 3 aromatic carbocycles. The van der Waals surface area contributed by atoms with Crippen LogP contribution < -0.4 is 20.2 Å². The van der Waals surface area contributed by atoms with Gasteiger partial charge in [0.2, 0.25) is 0 Å². The zero-order valence-electron chi connectivity index (χ0n) is 18.3. The first kappa shape index (κ1) is 26.8. The van der Waals surface area contributed by atoms with E-state index in [1.54, 1.807) is 30.3 Å². The Balaban J connectivity index is 1.67. The summed E-state index contributed by atoms with van der Waals surface area (Å²) in [4.78, 5) is 24.2. The number of carbonyl (C=O) groups is 2. The molecular formula is C24H19BrCl3N3O4. The van der Waals surface area contributed by atoms with Crippen molar-refractivity contribution in [2.45, 2.75) is 13.5 Å². The van der Waals surface area contributed by atoms with Crippen LogP contribution in [0.15, 0.2) is 64.2 Å². The van der Waals surface area contributed by atoms with Crippen LogP contribution >= 0.6 is 50.7 Å². The molecular weight excluding hydrogens is 581 g/mol. The standard InChI is InChI=1S/C24H19BrCl3N3O4/c1-2-34-20-11-14(10-16(25)22(20)35-13-15-6-3-4-7-17(15)26)12-29-31-24(33)23(32)30-19-9-5-8-18(27)21(19)28/h3-12H,2,13H2,1H3,(H,30,32)(H,31,33).